The number of nitrogens with one attached hydrogen (secondary N) is 1. The van der Waals surface area contributed by atoms with E-state index in [9.17, 15) is 4.39 Å². The van der Waals surface area contributed by atoms with E-state index in [0.717, 1.165) is 29.6 Å². The maximum absolute atomic E-state index is 13.1. The first kappa shape index (κ1) is 12.0. The molecule has 2 rings (SSSR count). The second-order valence-corrected chi connectivity index (χ2v) is 5.54. The summed E-state index contributed by atoms with van der Waals surface area (Å²) in [7, 11) is 0. The van der Waals surface area contributed by atoms with E-state index in [4.69, 9.17) is 4.74 Å². The monoisotopic (exact) mass is 336 g/mol. The van der Waals surface area contributed by atoms with E-state index in [1.165, 1.54) is 6.07 Å². The van der Waals surface area contributed by atoms with Gasteiger partial charge >= 0.3 is 0 Å². The number of halogens is 2. The maximum atomic E-state index is 13.1. The molecule has 0 atom stereocenters. The third-order valence-corrected chi connectivity index (χ3v) is 3.41. The second-order valence-electron chi connectivity index (χ2n) is 4.29. The molecule has 1 aromatic rings. The highest BCUT2D eigenvalue weighted by Gasteiger charge is 2.27. The molecule has 1 N–H and O–H groups in total. The van der Waals surface area contributed by atoms with Gasteiger partial charge in [0.2, 0.25) is 5.95 Å². The standard InChI is InChI=1S/C11H14FIN2O/c1-11(2-4-16-5-3-11)15-10-7-8(13)6-9(12)14-10/h6-7H,2-5H2,1H3,(H,14,15). The van der Waals surface area contributed by atoms with Gasteiger partial charge in [-0.05, 0) is 48.4 Å². The average molecular weight is 336 g/mol. The molecule has 0 radical (unpaired) electrons. The Bertz CT molecular complexity index is 360. The third kappa shape index (κ3) is 3.04. The summed E-state index contributed by atoms with van der Waals surface area (Å²) in [6, 6.07) is 3.27. The van der Waals surface area contributed by atoms with Crippen LogP contribution >= 0.6 is 22.6 Å². The van der Waals surface area contributed by atoms with E-state index < -0.39 is 5.95 Å². The Kier molecular flexibility index (Phi) is 3.63. The van der Waals surface area contributed by atoms with Crippen LogP contribution in [-0.2, 0) is 4.74 Å². The number of hydrogen-bond acceptors (Lipinski definition) is 3. The Morgan fingerprint density at radius 2 is 2.12 bits per heavy atom. The van der Waals surface area contributed by atoms with E-state index in [2.05, 4.69) is 39.8 Å². The number of ether oxygens (including phenoxy) is 1. The van der Waals surface area contributed by atoms with Crippen molar-refractivity contribution in [2.45, 2.75) is 25.3 Å². The highest BCUT2D eigenvalue weighted by molar-refractivity contribution is 14.1. The molecule has 5 heteroatoms. The molecular formula is C11H14FIN2O. The Morgan fingerprint density at radius 3 is 2.75 bits per heavy atom. The number of anilines is 1. The molecular weight excluding hydrogens is 322 g/mol. The highest BCUT2D eigenvalue weighted by Crippen LogP contribution is 2.25. The van der Waals surface area contributed by atoms with Crippen LogP contribution in [0.1, 0.15) is 19.8 Å². The summed E-state index contributed by atoms with van der Waals surface area (Å²) in [4.78, 5) is 3.85. The lowest BCUT2D eigenvalue weighted by Gasteiger charge is -2.34. The largest absolute Gasteiger partial charge is 0.381 e. The molecule has 1 aromatic heterocycles. The van der Waals surface area contributed by atoms with Crippen LogP contribution in [0.5, 0.6) is 0 Å². The van der Waals surface area contributed by atoms with Crippen molar-refractivity contribution in [1.29, 1.82) is 0 Å². The lowest BCUT2D eigenvalue weighted by atomic mass is 9.92. The summed E-state index contributed by atoms with van der Waals surface area (Å²) in [5, 5.41) is 3.30. The molecule has 0 amide bonds. The van der Waals surface area contributed by atoms with Crippen molar-refractivity contribution in [2.24, 2.45) is 0 Å². The fourth-order valence-corrected chi connectivity index (χ4v) is 2.34. The molecule has 3 nitrogen and oxygen atoms in total. The topological polar surface area (TPSA) is 34.2 Å². The van der Waals surface area contributed by atoms with Gasteiger partial charge in [-0.1, -0.05) is 0 Å². The molecule has 0 aromatic carbocycles. The smallest absolute Gasteiger partial charge is 0.215 e. The molecule has 0 bridgehead atoms. The molecule has 0 aliphatic carbocycles. The van der Waals surface area contributed by atoms with Crippen molar-refractivity contribution in [3.63, 3.8) is 0 Å². The van der Waals surface area contributed by atoms with Gasteiger partial charge in [0, 0.05) is 28.4 Å². The molecule has 2 heterocycles. The van der Waals surface area contributed by atoms with Crippen molar-refractivity contribution in [2.75, 3.05) is 18.5 Å². The van der Waals surface area contributed by atoms with Crippen LogP contribution in [0, 0.1) is 9.52 Å². The summed E-state index contributed by atoms with van der Waals surface area (Å²) >= 11 is 2.09. The minimum Gasteiger partial charge on any atom is -0.381 e. The summed E-state index contributed by atoms with van der Waals surface area (Å²) in [6.45, 7) is 3.61. The summed E-state index contributed by atoms with van der Waals surface area (Å²) in [5.74, 6) is 0.166. The number of aromatic nitrogens is 1. The number of hydrogen-bond donors (Lipinski definition) is 1. The fraction of sp³-hybridized carbons (Fsp3) is 0.545. The van der Waals surface area contributed by atoms with Crippen LogP contribution in [0.25, 0.3) is 0 Å². The predicted octanol–water partition coefficient (Wildman–Crippen LogP) is 2.81. The van der Waals surface area contributed by atoms with Gasteiger partial charge in [0.25, 0.3) is 0 Å². The van der Waals surface area contributed by atoms with Crippen LogP contribution in [0.4, 0.5) is 10.2 Å². The van der Waals surface area contributed by atoms with Crippen molar-refractivity contribution in [3.8, 4) is 0 Å². The first-order valence-electron chi connectivity index (χ1n) is 5.26. The molecule has 0 unspecified atom stereocenters. The fourth-order valence-electron chi connectivity index (χ4n) is 1.79. The van der Waals surface area contributed by atoms with Gasteiger partial charge in [0.15, 0.2) is 0 Å². The van der Waals surface area contributed by atoms with Crippen LogP contribution in [0.3, 0.4) is 0 Å². The Hall–Kier alpha value is -0.430. The van der Waals surface area contributed by atoms with Gasteiger partial charge < -0.3 is 10.1 Å². The number of nitrogens with zero attached hydrogens (tertiary/aromatic N) is 1. The van der Waals surface area contributed by atoms with E-state index in [1.807, 2.05) is 6.07 Å². The van der Waals surface area contributed by atoms with Gasteiger partial charge in [-0.2, -0.15) is 4.39 Å². The third-order valence-electron chi connectivity index (χ3n) is 2.79. The minimum atomic E-state index is -0.440. The Labute approximate surface area is 108 Å². The first-order valence-corrected chi connectivity index (χ1v) is 6.34. The second kappa shape index (κ2) is 4.83. The molecule has 0 spiro atoms. The zero-order chi connectivity index (χ0) is 11.6. The predicted molar refractivity (Wildman–Crippen MR) is 69.0 cm³/mol. The molecule has 16 heavy (non-hydrogen) atoms. The van der Waals surface area contributed by atoms with Crippen molar-refractivity contribution in [1.82, 2.24) is 4.98 Å². The van der Waals surface area contributed by atoms with Crippen LogP contribution in [0.15, 0.2) is 12.1 Å². The summed E-state index contributed by atoms with van der Waals surface area (Å²) in [6.07, 6.45) is 1.84. The number of pyridine rings is 1. The van der Waals surface area contributed by atoms with Crippen LogP contribution in [0.2, 0.25) is 0 Å². The average Bonchev–Trinajstić information content (AvgIpc) is 2.15. The molecule has 1 aliphatic heterocycles. The van der Waals surface area contributed by atoms with Gasteiger partial charge in [-0.25, -0.2) is 4.98 Å². The Balaban J connectivity index is 2.13. The molecule has 1 fully saturated rings. The zero-order valence-electron chi connectivity index (χ0n) is 9.09. The maximum Gasteiger partial charge on any atom is 0.215 e. The van der Waals surface area contributed by atoms with Gasteiger partial charge in [-0.15, -0.1) is 0 Å². The zero-order valence-corrected chi connectivity index (χ0v) is 11.3. The Morgan fingerprint density at radius 1 is 1.44 bits per heavy atom. The van der Waals surface area contributed by atoms with Crippen LogP contribution in [-0.4, -0.2) is 23.7 Å². The quantitative estimate of drug-likeness (QED) is 0.666. The minimum absolute atomic E-state index is 0.0396. The lowest BCUT2D eigenvalue weighted by Crippen LogP contribution is -2.40. The van der Waals surface area contributed by atoms with E-state index in [1.54, 1.807) is 0 Å². The summed E-state index contributed by atoms with van der Waals surface area (Å²) < 4.78 is 19.3. The van der Waals surface area contributed by atoms with E-state index in [0.29, 0.717) is 5.82 Å². The SMILES string of the molecule is CC1(Nc2cc(I)cc(F)n2)CCOCC1. The summed E-state index contributed by atoms with van der Waals surface area (Å²) in [5.41, 5.74) is -0.0396. The van der Waals surface area contributed by atoms with Gasteiger partial charge in [0.05, 0.1) is 0 Å². The molecule has 0 saturated carbocycles. The van der Waals surface area contributed by atoms with Gasteiger partial charge in [0.1, 0.15) is 5.82 Å². The van der Waals surface area contributed by atoms with Crippen LogP contribution < -0.4 is 5.32 Å². The number of rotatable bonds is 2. The molecule has 88 valence electrons. The molecule has 1 aliphatic rings. The van der Waals surface area contributed by atoms with Crippen molar-refractivity contribution >= 4 is 28.4 Å². The normalized spacial score (nSPS) is 19.4. The first-order chi connectivity index (χ1) is 7.57. The lowest BCUT2D eigenvalue weighted by molar-refractivity contribution is 0.0657. The van der Waals surface area contributed by atoms with E-state index >= 15 is 0 Å². The molecule has 1 saturated heterocycles. The van der Waals surface area contributed by atoms with Crippen molar-refractivity contribution < 1.29 is 9.13 Å². The highest BCUT2D eigenvalue weighted by atomic mass is 127. The van der Waals surface area contributed by atoms with E-state index in [-0.39, 0.29) is 5.54 Å². The van der Waals surface area contributed by atoms with Crippen molar-refractivity contribution in [3.05, 3.63) is 21.7 Å². The van der Waals surface area contributed by atoms with Gasteiger partial charge in [-0.3, -0.25) is 0 Å².